The molecule has 22 heavy (non-hydrogen) atoms. The second kappa shape index (κ2) is 7.22. The summed E-state index contributed by atoms with van der Waals surface area (Å²) in [6.45, 7) is 1.37. The highest BCUT2D eigenvalue weighted by molar-refractivity contribution is 5.21. The molecule has 5 nitrogen and oxygen atoms in total. The second-order valence-corrected chi connectivity index (χ2v) is 5.63. The lowest BCUT2D eigenvalue weighted by Gasteiger charge is -2.12. The number of nitrogens with zero attached hydrogens (tertiary/aromatic N) is 1. The van der Waals surface area contributed by atoms with E-state index in [1.54, 1.807) is 4.68 Å². The number of para-hydroxylation sites is 1. The number of hydrogen-bond acceptors (Lipinski definition) is 3. The topological polar surface area (TPSA) is 61.9 Å². The van der Waals surface area contributed by atoms with Crippen molar-refractivity contribution in [3.63, 3.8) is 0 Å². The van der Waals surface area contributed by atoms with Crippen LogP contribution in [0.2, 0.25) is 0 Å². The van der Waals surface area contributed by atoms with E-state index in [0.29, 0.717) is 12.2 Å². The molecular formula is C17H22N3O2+. The Hall–Kier alpha value is -2.14. The van der Waals surface area contributed by atoms with E-state index < -0.39 is 0 Å². The molecule has 1 aliphatic rings. The second-order valence-electron chi connectivity index (χ2n) is 5.63. The van der Waals surface area contributed by atoms with Crippen molar-refractivity contribution in [1.29, 1.82) is 0 Å². The van der Waals surface area contributed by atoms with E-state index in [1.165, 1.54) is 31.3 Å². The fourth-order valence-electron chi connectivity index (χ4n) is 2.82. The molecule has 3 rings (SSSR count). The van der Waals surface area contributed by atoms with Crippen molar-refractivity contribution in [3.8, 4) is 5.69 Å². The molecule has 116 valence electrons. The molecule has 0 radical (unpaired) electrons. The summed E-state index contributed by atoms with van der Waals surface area (Å²) >= 11 is 0. The van der Waals surface area contributed by atoms with Gasteiger partial charge in [-0.2, -0.15) is 0 Å². The average molecular weight is 300 g/mol. The monoisotopic (exact) mass is 300 g/mol. The van der Waals surface area contributed by atoms with Gasteiger partial charge in [-0.25, -0.2) is 4.79 Å². The summed E-state index contributed by atoms with van der Waals surface area (Å²) in [4.78, 5) is 11.8. The van der Waals surface area contributed by atoms with Gasteiger partial charge in [0.05, 0.1) is 6.54 Å². The number of H-pyrrole nitrogens is 1. The molecule has 0 amide bonds. The maximum absolute atomic E-state index is 11.8. The van der Waals surface area contributed by atoms with Crippen molar-refractivity contribution < 1.29 is 9.20 Å². The molecule has 0 saturated heterocycles. The molecule has 2 aromatic rings. The summed E-state index contributed by atoms with van der Waals surface area (Å²) in [7, 11) is 0. The standard InChI is InChI=1S/C17H21N3O2/c21-17-16(13-18-12-11-14-7-3-1-4-8-14)20(19-22-17)15-9-5-2-6-10-15/h2,5-7,9-10,18H,1,3-4,8,11-13H2/p+1. The SMILES string of the molecule is O=c1o[nH][n+](-c2ccccc2)c1CNCCC1=CCCCC1. The molecule has 5 heteroatoms. The molecule has 0 spiro atoms. The Morgan fingerprint density at radius 1 is 1.23 bits per heavy atom. The molecule has 1 aliphatic carbocycles. The Kier molecular flexibility index (Phi) is 4.85. The van der Waals surface area contributed by atoms with E-state index in [1.807, 2.05) is 30.3 Å². The third-order valence-corrected chi connectivity index (χ3v) is 4.05. The summed E-state index contributed by atoms with van der Waals surface area (Å²) in [6.07, 6.45) is 8.48. The van der Waals surface area contributed by atoms with Crippen LogP contribution in [0.25, 0.3) is 5.69 Å². The van der Waals surface area contributed by atoms with Crippen molar-refractivity contribution >= 4 is 0 Å². The number of hydrogen-bond donors (Lipinski definition) is 2. The fraction of sp³-hybridized carbons (Fsp3) is 0.412. The molecule has 0 atom stereocenters. The van der Waals surface area contributed by atoms with E-state index in [0.717, 1.165) is 18.7 Å². The highest BCUT2D eigenvalue weighted by Gasteiger charge is 2.22. The first kappa shape index (κ1) is 14.8. The number of rotatable bonds is 6. The summed E-state index contributed by atoms with van der Waals surface area (Å²) < 4.78 is 6.62. The third-order valence-electron chi connectivity index (χ3n) is 4.05. The van der Waals surface area contributed by atoms with Crippen LogP contribution in [0.5, 0.6) is 0 Å². The average Bonchev–Trinajstić information content (AvgIpc) is 2.94. The van der Waals surface area contributed by atoms with Crippen molar-refractivity contribution in [3.05, 3.63) is 58.1 Å². The molecule has 1 aromatic carbocycles. The van der Waals surface area contributed by atoms with Crippen LogP contribution < -0.4 is 15.6 Å². The number of benzene rings is 1. The molecule has 0 saturated carbocycles. The number of aromatic amines is 1. The van der Waals surface area contributed by atoms with Gasteiger partial charge >= 0.3 is 11.3 Å². The lowest BCUT2D eigenvalue weighted by Crippen LogP contribution is -2.40. The first-order valence-electron chi connectivity index (χ1n) is 7.91. The van der Waals surface area contributed by atoms with Crippen molar-refractivity contribution in [2.75, 3.05) is 6.54 Å². The van der Waals surface area contributed by atoms with Crippen molar-refractivity contribution in [1.82, 2.24) is 10.6 Å². The van der Waals surface area contributed by atoms with E-state index in [-0.39, 0.29) is 5.63 Å². The zero-order chi connectivity index (χ0) is 15.2. The van der Waals surface area contributed by atoms with E-state index >= 15 is 0 Å². The normalized spacial score (nSPS) is 14.8. The number of allylic oxidation sites excluding steroid dienone is 1. The maximum atomic E-state index is 11.8. The molecule has 0 bridgehead atoms. The predicted molar refractivity (Wildman–Crippen MR) is 83.7 cm³/mol. The zero-order valence-corrected chi connectivity index (χ0v) is 12.7. The number of nitrogens with one attached hydrogen (secondary N) is 2. The first-order chi connectivity index (χ1) is 10.8. The van der Waals surface area contributed by atoms with Gasteiger partial charge in [-0.05, 0) is 48.6 Å². The summed E-state index contributed by atoms with van der Waals surface area (Å²) in [5, 5.41) is 6.00. The quantitative estimate of drug-likeness (QED) is 0.488. The summed E-state index contributed by atoms with van der Waals surface area (Å²) in [5.74, 6) is 0. The Balaban J connectivity index is 1.60. The molecule has 1 heterocycles. The van der Waals surface area contributed by atoms with Crippen molar-refractivity contribution in [2.45, 2.75) is 38.6 Å². The Morgan fingerprint density at radius 2 is 2.09 bits per heavy atom. The molecular weight excluding hydrogens is 278 g/mol. The summed E-state index contributed by atoms with van der Waals surface area (Å²) in [6, 6.07) is 9.67. The van der Waals surface area contributed by atoms with Crippen LogP contribution in [-0.4, -0.2) is 11.8 Å². The minimum atomic E-state index is -0.326. The van der Waals surface area contributed by atoms with E-state index in [2.05, 4.69) is 16.7 Å². The smallest absolute Gasteiger partial charge is 0.307 e. The molecule has 2 N–H and O–H groups in total. The van der Waals surface area contributed by atoms with Crippen LogP contribution in [0.15, 0.2) is 51.3 Å². The lowest BCUT2D eigenvalue weighted by molar-refractivity contribution is -0.677. The Bertz CT molecular complexity index is 685. The zero-order valence-electron chi connectivity index (χ0n) is 12.7. The van der Waals surface area contributed by atoms with Crippen LogP contribution >= 0.6 is 0 Å². The van der Waals surface area contributed by atoms with Crippen molar-refractivity contribution in [2.24, 2.45) is 0 Å². The van der Waals surface area contributed by atoms with Gasteiger partial charge in [0.15, 0.2) is 0 Å². The third kappa shape index (κ3) is 3.54. The van der Waals surface area contributed by atoms with Gasteiger partial charge in [0, 0.05) is 12.1 Å². The van der Waals surface area contributed by atoms with Gasteiger partial charge in [-0.15, -0.1) is 0 Å². The molecule has 1 aromatic heterocycles. The molecule has 0 aliphatic heterocycles. The largest absolute Gasteiger partial charge is 0.431 e. The predicted octanol–water partition coefficient (Wildman–Crippen LogP) is 2.22. The highest BCUT2D eigenvalue weighted by atomic mass is 16.5. The molecule has 0 fully saturated rings. The van der Waals surface area contributed by atoms with Crippen LogP contribution in [0.3, 0.4) is 0 Å². The van der Waals surface area contributed by atoms with Crippen LogP contribution in [0.1, 0.15) is 37.8 Å². The van der Waals surface area contributed by atoms with Gasteiger partial charge < -0.3 is 5.32 Å². The van der Waals surface area contributed by atoms with E-state index in [4.69, 9.17) is 4.52 Å². The van der Waals surface area contributed by atoms with Gasteiger partial charge in [-0.3, -0.25) is 4.52 Å². The van der Waals surface area contributed by atoms with Crippen LogP contribution in [0, 0.1) is 0 Å². The molecule has 0 unspecified atom stereocenters. The van der Waals surface area contributed by atoms with Crippen LogP contribution in [-0.2, 0) is 6.54 Å². The highest BCUT2D eigenvalue weighted by Crippen LogP contribution is 2.19. The fourth-order valence-corrected chi connectivity index (χ4v) is 2.82. The minimum absolute atomic E-state index is 0.326. The minimum Gasteiger partial charge on any atom is -0.307 e. The number of aromatic nitrogens is 2. The Labute approximate surface area is 129 Å². The lowest BCUT2D eigenvalue weighted by atomic mass is 9.97. The maximum Gasteiger partial charge on any atom is 0.431 e. The Morgan fingerprint density at radius 3 is 2.86 bits per heavy atom. The van der Waals surface area contributed by atoms with Gasteiger partial charge in [0.2, 0.25) is 5.69 Å². The van der Waals surface area contributed by atoms with Gasteiger partial charge in [0.25, 0.3) is 0 Å². The van der Waals surface area contributed by atoms with Crippen LogP contribution in [0.4, 0.5) is 0 Å². The van der Waals surface area contributed by atoms with Gasteiger partial charge in [-0.1, -0.05) is 29.8 Å². The van der Waals surface area contributed by atoms with Gasteiger partial charge in [0.1, 0.15) is 0 Å². The van der Waals surface area contributed by atoms with E-state index in [9.17, 15) is 4.79 Å². The first-order valence-corrected chi connectivity index (χ1v) is 7.91. The summed E-state index contributed by atoms with van der Waals surface area (Å²) in [5.41, 5.74) is 2.69.